The van der Waals surface area contributed by atoms with E-state index >= 15 is 0 Å². The molecule has 1 aliphatic heterocycles. The Balaban J connectivity index is 1.76. The number of benzene rings is 1. The van der Waals surface area contributed by atoms with E-state index in [-0.39, 0.29) is 23.2 Å². The van der Waals surface area contributed by atoms with Crippen LogP contribution in [-0.4, -0.2) is 47.4 Å². The molecule has 1 fully saturated rings. The van der Waals surface area contributed by atoms with Crippen LogP contribution in [0.25, 0.3) is 0 Å². The van der Waals surface area contributed by atoms with Crippen molar-refractivity contribution in [2.75, 3.05) is 19.0 Å². The van der Waals surface area contributed by atoms with E-state index in [1.807, 2.05) is 18.2 Å². The Morgan fingerprint density at radius 3 is 2.54 bits per heavy atom. The Hall–Kier alpha value is -3.22. The number of methoxy groups -OCH3 is 1. The Morgan fingerprint density at radius 1 is 1.08 bits per heavy atom. The van der Waals surface area contributed by atoms with Crippen molar-refractivity contribution in [3.8, 4) is 0 Å². The van der Waals surface area contributed by atoms with Crippen molar-refractivity contribution in [3.05, 3.63) is 59.9 Å². The highest BCUT2D eigenvalue weighted by atomic mass is 16.5. The van der Waals surface area contributed by atoms with Crippen molar-refractivity contribution in [2.45, 2.75) is 18.9 Å². The minimum absolute atomic E-state index is 0.0582. The molecule has 2 aromatic rings. The lowest BCUT2D eigenvalue weighted by Gasteiger charge is -2.23. The van der Waals surface area contributed by atoms with Crippen LogP contribution in [0, 0.1) is 0 Å². The number of hydrogen-bond donors (Lipinski definition) is 1. The Kier molecular flexibility index (Phi) is 5.26. The molecule has 134 valence electrons. The van der Waals surface area contributed by atoms with Crippen LogP contribution in [-0.2, 0) is 9.53 Å². The number of hydrogen-bond acceptors (Lipinski definition) is 5. The highest BCUT2D eigenvalue weighted by Gasteiger charge is 2.35. The molecule has 26 heavy (non-hydrogen) atoms. The number of nitrogens with one attached hydrogen (secondary N) is 1. The van der Waals surface area contributed by atoms with Crippen LogP contribution >= 0.6 is 0 Å². The van der Waals surface area contributed by atoms with Gasteiger partial charge in [0, 0.05) is 12.2 Å². The van der Waals surface area contributed by atoms with Gasteiger partial charge in [0.2, 0.25) is 5.91 Å². The molecule has 7 heteroatoms. The number of para-hydroxylation sites is 1. The van der Waals surface area contributed by atoms with Gasteiger partial charge in [-0.05, 0) is 37.1 Å². The third-order valence-electron chi connectivity index (χ3n) is 4.22. The van der Waals surface area contributed by atoms with Gasteiger partial charge in [0.15, 0.2) is 0 Å². The molecule has 0 aliphatic carbocycles. The average molecular weight is 353 g/mol. The molecule has 0 unspecified atom stereocenters. The first kappa shape index (κ1) is 17.6. The van der Waals surface area contributed by atoms with Crippen molar-refractivity contribution >= 4 is 23.5 Å². The van der Waals surface area contributed by atoms with E-state index in [9.17, 15) is 14.4 Å². The molecular formula is C19H19N3O4. The SMILES string of the molecule is COC(=O)c1cccc(C(=O)N2CCC[C@H]2C(=O)Nc2ccccc2)n1. The number of esters is 1. The van der Waals surface area contributed by atoms with Crippen LogP contribution < -0.4 is 5.32 Å². The van der Waals surface area contributed by atoms with E-state index in [2.05, 4.69) is 15.0 Å². The zero-order chi connectivity index (χ0) is 18.5. The smallest absolute Gasteiger partial charge is 0.356 e. The lowest BCUT2D eigenvalue weighted by Crippen LogP contribution is -2.43. The number of amides is 2. The summed E-state index contributed by atoms with van der Waals surface area (Å²) in [6.07, 6.45) is 1.32. The Morgan fingerprint density at radius 2 is 1.81 bits per heavy atom. The second-order valence-electron chi connectivity index (χ2n) is 5.91. The van der Waals surface area contributed by atoms with Crippen molar-refractivity contribution in [2.24, 2.45) is 0 Å². The number of likely N-dealkylation sites (tertiary alicyclic amines) is 1. The van der Waals surface area contributed by atoms with Gasteiger partial charge in [-0.25, -0.2) is 9.78 Å². The monoisotopic (exact) mass is 353 g/mol. The largest absolute Gasteiger partial charge is 0.464 e. The molecule has 1 saturated heterocycles. The number of aromatic nitrogens is 1. The van der Waals surface area contributed by atoms with E-state index in [4.69, 9.17) is 0 Å². The molecular weight excluding hydrogens is 334 g/mol. The van der Waals surface area contributed by atoms with Gasteiger partial charge in [0.25, 0.3) is 5.91 Å². The third-order valence-corrected chi connectivity index (χ3v) is 4.22. The van der Waals surface area contributed by atoms with E-state index in [0.717, 1.165) is 6.42 Å². The summed E-state index contributed by atoms with van der Waals surface area (Å²) in [4.78, 5) is 42.6. The van der Waals surface area contributed by atoms with E-state index < -0.39 is 12.0 Å². The maximum Gasteiger partial charge on any atom is 0.356 e. The van der Waals surface area contributed by atoms with Crippen molar-refractivity contribution in [1.82, 2.24) is 9.88 Å². The molecule has 1 aliphatic rings. The summed E-state index contributed by atoms with van der Waals surface area (Å²) in [5.41, 5.74) is 0.859. The van der Waals surface area contributed by atoms with E-state index in [1.54, 1.807) is 18.2 Å². The summed E-state index contributed by atoms with van der Waals surface area (Å²) < 4.78 is 4.63. The molecule has 2 amide bonds. The number of carbonyl (C=O) groups excluding carboxylic acids is 3. The summed E-state index contributed by atoms with van der Waals surface area (Å²) in [5.74, 6) is -1.22. The lowest BCUT2D eigenvalue weighted by molar-refractivity contribution is -0.119. The number of anilines is 1. The zero-order valence-electron chi connectivity index (χ0n) is 14.3. The molecule has 0 spiro atoms. The summed E-state index contributed by atoms with van der Waals surface area (Å²) in [6, 6.07) is 13.1. The molecule has 0 saturated carbocycles. The van der Waals surface area contributed by atoms with Gasteiger partial charge in [0.05, 0.1) is 7.11 Å². The molecule has 3 rings (SSSR count). The standard InChI is InChI=1S/C19H19N3O4/c1-26-19(25)15-10-5-9-14(21-15)18(24)22-12-6-11-16(22)17(23)20-13-7-3-2-4-8-13/h2-5,7-10,16H,6,11-12H2,1H3,(H,20,23)/t16-/m0/s1. The molecule has 0 radical (unpaired) electrons. The zero-order valence-corrected chi connectivity index (χ0v) is 14.3. The van der Waals surface area contributed by atoms with Crippen LogP contribution in [0.5, 0.6) is 0 Å². The highest BCUT2D eigenvalue weighted by Crippen LogP contribution is 2.21. The normalized spacial score (nSPS) is 16.2. The average Bonchev–Trinajstić information content (AvgIpc) is 3.17. The third kappa shape index (κ3) is 3.72. The van der Waals surface area contributed by atoms with Gasteiger partial charge >= 0.3 is 5.97 Å². The van der Waals surface area contributed by atoms with Gasteiger partial charge in [-0.3, -0.25) is 9.59 Å². The van der Waals surface area contributed by atoms with Gasteiger partial charge in [0.1, 0.15) is 17.4 Å². The molecule has 7 nitrogen and oxygen atoms in total. The van der Waals surface area contributed by atoms with Crippen LogP contribution in [0.15, 0.2) is 48.5 Å². The fourth-order valence-corrected chi connectivity index (χ4v) is 2.95. The fraction of sp³-hybridized carbons (Fsp3) is 0.263. The molecule has 1 atom stereocenters. The molecule has 2 heterocycles. The highest BCUT2D eigenvalue weighted by molar-refractivity contribution is 6.01. The van der Waals surface area contributed by atoms with Gasteiger partial charge in [-0.15, -0.1) is 0 Å². The quantitative estimate of drug-likeness (QED) is 0.851. The summed E-state index contributed by atoms with van der Waals surface area (Å²) >= 11 is 0. The van der Waals surface area contributed by atoms with Crippen molar-refractivity contribution in [3.63, 3.8) is 0 Å². The topological polar surface area (TPSA) is 88.6 Å². The van der Waals surface area contributed by atoms with Crippen molar-refractivity contribution in [1.29, 1.82) is 0 Å². The van der Waals surface area contributed by atoms with Gasteiger partial charge in [-0.2, -0.15) is 0 Å². The van der Waals surface area contributed by atoms with Crippen LogP contribution in [0.2, 0.25) is 0 Å². The first-order valence-corrected chi connectivity index (χ1v) is 8.32. The lowest BCUT2D eigenvalue weighted by atomic mass is 10.2. The molecule has 1 N–H and O–H groups in total. The van der Waals surface area contributed by atoms with Crippen LogP contribution in [0.1, 0.15) is 33.8 Å². The molecule has 1 aromatic heterocycles. The molecule has 1 aromatic carbocycles. The van der Waals surface area contributed by atoms with Gasteiger partial charge < -0.3 is 15.0 Å². The first-order valence-electron chi connectivity index (χ1n) is 8.32. The number of carbonyl (C=O) groups is 3. The number of pyridine rings is 1. The van der Waals surface area contributed by atoms with Crippen LogP contribution in [0.4, 0.5) is 5.69 Å². The van der Waals surface area contributed by atoms with Crippen molar-refractivity contribution < 1.29 is 19.1 Å². The Bertz CT molecular complexity index is 823. The minimum Gasteiger partial charge on any atom is -0.464 e. The number of nitrogens with zero attached hydrogens (tertiary/aromatic N) is 2. The second-order valence-corrected chi connectivity index (χ2v) is 5.91. The second kappa shape index (κ2) is 7.77. The minimum atomic E-state index is -0.612. The van der Waals surface area contributed by atoms with Crippen LogP contribution in [0.3, 0.4) is 0 Å². The maximum absolute atomic E-state index is 12.8. The van der Waals surface area contributed by atoms with E-state index in [1.165, 1.54) is 24.1 Å². The number of ether oxygens (including phenoxy) is 1. The maximum atomic E-state index is 12.8. The van der Waals surface area contributed by atoms with Gasteiger partial charge in [-0.1, -0.05) is 24.3 Å². The first-order chi connectivity index (χ1) is 12.6. The van der Waals surface area contributed by atoms with E-state index in [0.29, 0.717) is 18.7 Å². The fourth-order valence-electron chi connectivity index (χ4n) is 2.95. The number of rotatable bonds is 4. The summed E-state index contributed by atoms with van der Waals surface area (Å²) in [7, 11) is 1.25. The Labute approximate surface area is 151 Å². The predicted molar refractivity (Wildman–Crippen MR) is 94.7 cm³/mol. The summed E-state index contributed by atoms with van der Waals surface area (Å²) in [6.45, 7) is 0.468. The molecule has 0 bridgehead atoms. The summed E-state index contributed by atoms with van der Waals surface area (Å²) in [5, 5.41) is 2.83. The predicted octanol–water partition coefficient (Wildman–Crippen LogP) is 2.11.